The van der Waals surface area contributed by atoms with Crippen molar-refractivity contribution in [3.63, 3.8) is 0 Å². The molecule has 1 aromatic heterocycles. The molecule has 46 heavy (non-hydrogen) atoms. The van der Waals surface area contributed by atoms with E-state index in [1.807, 2.05) is 45.9 Å². The molecule has 1 atom stereocenters. The van der Waals surface area contributed by atoms with E-state index < -0.39 is 11.9 Å². The van der Waals surface area contributed by atoms with Crippen LogP contribution in [0.2, 0.25) is 0 Å². The van der Waals surface area contributed by atoms with E-state index in [4.69, 9.17) is 29.1 Å². The molecule has 0 bridgehead atoms. The first kappa shape index (κ1) is 30.3. The Bertz CT molecular complexity index is 2060. The van der Waals surface area contributed by atoms with E-state index in [-0.39, 0.29) is 35.4 Å². The molecule has 1 unspecified atom stereocenters. The molecule has 0 saturated carbocycles. The van der Waals surface area contributed by atoms with Crippen molar-refractivity contribution in [1.82, 2.24) is 0 Å². The Kier molecular flexibility index (Phi) is 8.12. The van der Waals surface area contributed by atoms with Crippen molar-refractivity contribution in [1.29, 1.82) is 5.26 Å². The Hall–Kier alpha value is -5.75. The smallest absolute Gasteiger partial charge is 0.379 e. The highest BCUT2D eigenvalue weighted by Gasteiger charge is 2.32. The highest BCUT2D eigenvalue weighted by Crippen LogP contribution is 2.45. The van der Waals surface area contributed by atoms with E-state index in [1.165, 1.54) is 12.1 Å². The predicted molar refractivity (Wildman–Crippen MR) is 169 cm³/mol. The minimum Gasteiger partial charge on any atom is -0.490 e. The maximum Gasteiger partial charge on any atom is 0.379 e. The van der Waals surface area contributed by atoms with Gasteiger partial charge in [0.2, 0.25) is 11.6 Å². The fourth-order valence-corrected chi connectivity index (χ4v) is 5.81. The summed E-state index contributed by atoms with van der Waals surface area (Å²) in [6.45, 7) is 8.22. The van der Waals surface area contributed by atoms with Gasteiger partial charge < -0.3 is 29.1 Å². The number of ether oxygens (including phenoxy) is 4. The third kappa shape index (κ3) is 5.73. The molecule has 232 valence electrons. The van der Waals surface area contributed by atoms with Gasteiger partial charge in [0.05, 0.1) is 12.5 Å². The predicted octanol–water partition coefficient (Wildman–Crippen LogP) is 7.91. The summed E-state index contributed by atoms with van der Waals surface area (Å²) in [4.78, 5) is 13.2. The second-order valence-corrected chi connectivity index (χ2v) is 11.1. The van der Waals surface area contributed by atoms with Gasteiger partial charge in [0.1, 0.15) is 41.1 Å². The number of esters is 1. The summed E-state index contributed by atoms with van der Waals surface area (Å²) in [5.41, 5.74) is 12.0. The van der Waals surface area contributed by atoms with Crippen LogP contribution in [-0.4, -0.2) is 12.6 Å². The molecule has 1 aliphatic rings. The van der Waals surface area contributed by atoms with Crippen molar-refractivity contribution in [2.24, 2.45) is 5.73 Å². The van der Waals surface area contributed by atoms with Crippen LogP contribution in [0.4, 0.5) is 4.39 Å². The van der Waals surface area contributed by atoms with Crippen LogP contribution in [-0.2, 0) is 6.61 Å². The van der Waals surface area contributed by atoms with Gasteiger partial charge in [-0.15, -0.1) is 0 Å². The molecule has 0 fully saturated rings. The largest absolute Gasteiger partial charge is 0.490 e. The molecule has 2 N–H and O–H groups in total. The number of carbonyl (C=O) groups excluding carboxylic acids is 1. The second kappa shape index (κ2) is 12.3. The summed E-state index contributed by atoms with van der Waals surface area (Å²) >= 11 is 0. The Morgan fingerprint density at radius 3 is 2.50 bits per heavy atom. The van der Waals surface area contributed by atoms with Crippen LogP contribution in [0.1, 0.15) is 56.8 Å². The van der Waals surface area contributed by atoms with Crippen LogP contribution in [0, 0.1) is 37.9 Å². The van der Waals surface area contributed by atoms with E-state index in [1.54, 1.807) is 42.5 Å². The molecule has 0 saturated heterocycles. The second-order valence-electron chi connectivity index (χ2n) is 11.1. The third-order valence-electron chi connectivity index (χ3n) is 7.87. The van der Waals surface area contributed by atoms with Crippen molar-refractivity contribution in [3.8, 4) is 29.1 Å². The zero-order chi connectivity index (χ0) is 32.5. The molecule has 0 spiro atoms. The summed E-state index contributed by atoms with van der Waals surface area (Å²) < 4.78 is 42.7. The van der Waals surface area contributed by atoms with Crippen molar-refractivity contribution in [2.75, 3.05) is 6.61 Å². The molecule has 0 aliphatic carbocycles. The summed E-state index contributed by atoms with van der Waals surface area (Å²) in [7, 11) is 0. The van der Waals surface area contributed by atoms with Crippen LogP contribution in [0.3, 0.4) is 0 Å². The Balaban J connectivity index is 1.30. The van der Waals surface area contributed by atoms with Gasteiger partial charge in [-0.2, -0.15) is 5.26 Å². The average Bonchev–Trinajstić information content (AvgIpc) is 3.36. The number of aryl methyl sites for hydroxylation is 3. The van der Waals surface area contributed by atoms with Gasteiger partial charge in [-0.3, -0.25) is 0 Å². The lowest BCUT2D eigenvalue weighted by atomic mass is 9.83. The number of allylic oxidation sites excluding steroid dienone is 1. The zero-order valence-electron chi connectivity index (χ0n) is 25.8. The fraction of sp³-hybridized carbons (Fsp3) is 0.189. The molecule has 9 heteroatoms. The molecule has 4 aromatic carbocycles. The van der Waals surface area contributed by atoms with Crippen molar-refractivity contribution in [3.05, 3.63) is 129 Å². The van der Waals surface area contributed by atoms with Gasteiger partial charge in [-0.1, -0.05) is 30.3 Å². The first-order chi connectivity index (χ1) is 22.2. The minimum absolute atomic E-state index is 0.0583. The van der Waals surface area contributed by atoms with E-state index in [2.05, 4.69) is 6.07 Å². The van der Waals surface area contributed by atoms with E-state index in [9.17, 15) is 14.4 Å². The monoisotopic (exact) mass is 618 g/mol. The number of nitrogens with two attached hydrogens (primary N) is 1. The van der Waals surface area contributed by atoms with E-state index >= 15 is 0 Å². The molecule has 6 rings (SSSR count). The Labute approximate surface area is 265 Å². The number of furan rings is 1. The minimum atomic E-state index is -0.642. The topological polar surface area (TPSA) is 117 Å². The standard InChI is InChI=1S/C37H31FN2O6/c1-5-42-31-16-24(8-13-29(31)43-19-23-6-9-25(38)10-7-23)34-27-12-11-26(17-30(27)46-36(40)28(34)18-39)44-37(41)35-22(4)33-21(3)14-20(2)15-32(33)45-35/h6-17,34H,5,19,40H2,1-4H3. The third-order valence-corrected chi connectivity index (χ3v) is 7.87. The van der Waals surface area contributed by atoms with Gasteiger partial charge in [0, 0.05) is 22.6 Å². The number of halogens is 1. The molecule has 0 radical (unpaired) electrons. The first-order valence-corrected chi connectivity index (χ1v) is 14.7. The van der Waals surface area contributed by atoms with Crippen LogP contribution in [0.15, 0.2) is 88.7 Å². The fourth-order valence-electron chi connectivity index (χ4n) is 5.81. The number of fused-ring (bicyclic) bond motifs is 2. The molecular formula is C37H31FN2O6. The van der Waals surface area contributed by atoms with Gasteiger partial charge in [0.25, 0.3) is 0 Å². The number of rotatable bonds is 8. The summed E-state index contributed by atoms with van der Waals surface area (Å²) in [5.74, 6) is 0.0435. The van der Waals surface area contributed by atoms with Gasteiger partial charge in [0.15, 0.2) is 11.5 Å². The molecule has 8 nitrogen and oxygen atoms in total. The number of hydrogen-bond donors (Lipinski definition) is 1. The zero-order valence-corrected chi connectivity index (χ0v) is 25.8. The molecule has 5 aromatic rings. The maximum absolute atomic E-state index is 13.3. The Morgan fingerprint density at radius 1 is 0.978 bits per heavy atom. The van der Waals surface area contributed by atoms with Crippen LogP contribution < -0.4 is 24.7 Å². The SMILES string of the molecule is CCOc1cc(C2C(C#N)=C(N)Oc3cc(OC(=O)c4oc5cc(C)cc(C)c5c4C)ccc32)ccc1OCc1ccc(F)cc1. The molecule has 0 amide bonds. The number of carbonyl (C=O) groups is 1. The van der Waals surface area contributed by atoms with E-state index in [0.717, 1.165) is 27.6 Å². The van der Waals surface area contributed by atoms with Crippen molar-refractivity contribution in [2.45, 2.75) is 40.2 Å². The quantitative estimate of drug-likeness (QED) is 0.138. The number of hydrogen-bond acceptors (Lipinski definition) is 8. The maximum atomic E-state index is 13.3. The number of nitrogens with zero attached hydrogens (tertiary/aromatic N) is 1. The molecule has 1 aliphatic heterocycles. The molecule has 2 heterocycles. The highest BCUT2D eigenvalue weighted by atomic mass is 19.1. The average molecular weight is 619 g/mol. The molecular weight excluding hydrogens is 587 g/mol. The van der Waals surface area contributed by atoms with E-state index in [0.29, 0.717) is 40.6 Å². The lowest BCUT2D eigenvalue weighted by Crippen LogP contribution is -2.21. The normalized spacial score (nSPS) is 14.0. The summed E-state index contributed by atoms with van der Waals surface area (Å²) in [6.07, 6.45) is 0. The Morgan fingerprint density at radius 2 is 1.76 bits per heavy atom. The van der Waals surface area contributed by atoms with Gasteiger partial charge in [-0.25, -0.2) is 9.18 Å². The lowest BCUT2D eigenvalue weighted by molar-refractivity contribution is 0.0702. The highest BCUT2D eigenvalue weighted by molar-refractivity contribution is 5.98. The lowest BCUT2D eigenvalue weighted by Gasteiger charge is -2.27. The van der Waals surface area contributed by atoms with Crippen molar-refractivity contribution < 1.29 is 32.5 Å². The summed E-state index contributed by atoms with van der Waals surface area (Å²) in [6, 6.07) is 22.5. The number of benzene rings is 4. The van der Waals surface area contributed by atoms with Gasteiger partial charge >= 0.3 is 5.97 Å². The number of nitriles is 1. The van der Waals surface area contributed by atoms with Crippen molar-refractivity contribution >= 4 is 16.9 Å². The van der Waals surface area contributed by atoms with Crippen LogP contribution in [0.5, 0.6) is 23.0 Å². The van der Waals surface area contributed by atoms with Crippen LogP contribution in [0.25, 0.3) is 11.0 Å². The first-order valence-electron chi connectivity index (χ1n) is 14.7. The van der Waals surface area contributed by atoms with Crippen LogP contribution >= 0.6 is 0 Å². The summed E-state index contributed by atoms with van der Waals surface area (Å²) in [5, 5.41) is 11.0. The van der Waals surface area contributed by atoms with Gasteiger partial charge in [-0.05, 0) is 86.3 Å².